The Labute approximate surface area is 228 Å². The van der Waals surface area contributed by atoms with Crippen molar-refractivity contribution < 1.29 is 4.79 Å². The molecule has 198 valence electrons. The van der Waals surface area contributed by atoms with Crippen molar-refractivity contribution in [2.75, 3.05) is 18.4 Å². The number of carbonyl (C=O) groups is 1. The second-order valence-electron chi connectivity index (χ2n) is 9.98. The molecule has 1 fully saturated rings. The number of hydrogen-bond acceptors (Lipinski definition) is 8. The van der Waals surface area contributed by atoms with Crippen LogP contribution in [0.5, 0.6) is 0 Å². The molecule has 6 aromatic heterocycles. The number of nitrogens with zero attached hydrogens (tertiary/aromatic N) is 6. The monoisotopic (exact) mass is 530 g/mol. The highest BCUT2D eigenvalue weighted by atomic mass is 16.1. The Kier molecular flexibility index (Phi) is 6.17. The van der Waals surface area contributed by atoms with Crippen LogP contribution in [0.4, 0.5) is 5.69 Å². The predicted molar refractivity (Wildman–Crippen MR) is 152 cm³/mol. The van der Waals surface area contributed by atoms with E-state index in [-0.39, 0.29) is 5.91 Å². The van der Waals surface area contributed by atoms with E-state index in [0.717, 1.165) is 64.7 Å². The molecule has 0 aromatic carbocycles. The van der Waals surface area contributed by atoms with Crippen molar-refractivity contribution in [3.8, 4) is 33.9 Å². The molecule has 1 aliphatic heterocycles. The van der Waals surface area contributed by atoms with E-state index in [0.29, 0.717) is 35.2 Å². The van der Waals surface area contributed by atoms with Crippen LogP contribution in [0.1, 0.15) is 19.3 Å². The number of amides is 1. The average molecular weight is 531 g/mol. The molecular formula is C29H26N10O. The van der Waals surface area contributed by atoms with E-state index in [2.05, 4.69) is 45.8 Å². The topological polar surface area (TPSA) is 150 Å². The van der Waals surface area contributed by atoms with Gasteiger partial charge >= 0.3 is 0 Å². The Morgan fingerprint density at radius 3 is 2.62 bits per heavy atom. The van der Waals surface area contributed by atoms with Crippen molar-refractivity contribution in [1.82, 2.24) is 45.4 Å². The number of anilines is 1. The summed E-state index contributed by atoms with van der Waals surface area (Å²) in [5.74, 6) is 1.04. The summed E-state index contributed by atoms with van der Waals surface area (Å²) in [5.41, 5.74) is 6.97. The van der Waals surface area contributed by atoms with E-state index >= 15 is 0 Å². The van der Waals surface area contributed by atoms with Crippen LogP contribution in [0, 0.1) is 5.92 Å². The second kappa shape index (κ2) is 10.3. The molecule has 4 N–H and O–H groups in total. The molecule has 1 amide bonds. The van der Waals surface area contributed by atoms with Crippen LogP contribution < -0.4 is 10.6 Å². The van der Waals surface area contributed by atoms with Gasteiger partial charge in [-0.1, -0.05) is 0 Å². The molecule has 1 saturated heterocycles. The van der Waals surface area contributed by atoms with E-state index in [1.165, 1.54) is 0 Å². The summed E-state index contributed by atoms with van der Waals surface area (Å²) in [6.45, 7) is 1.94. The number of carbonyl (C=O) groups excluding carboxylic acids is 1. The zero-order chi connectivity index (χ0) is 26.9. The lowest BCUT2D eigenvalue weighted by molar-refractivity contribution is -0.117. The molecular weight excluding hydrogens is 504 g/mol. The minimum atomic E-state index is 0.0158. The standard InChI is InChI=1S/C29H26N10O/c40-24(11-17-1-6-30-7-2-17)35-21-12-19(14-32-16-21)20-13-22-26(38-39-28(22)34-15-20)29-36-23-5-10-33-25(27(23)37-29)18-3-8-31-9-4-18/h3-5,8-10,12-17,30H,1-2,6-7,11H2,(H,35,40)(H,36,37)(H,34,38,39). The minimum absolute atomic E-state index is 0.0158. The number of pyridine rings is 4. The number of rotatable bonds is 6. The number of nitrogens with one attached hydrogen (secondary N) is 4. The zero-order valence-electron chi connectivity index (χ0n) is 21.6. The maximum absolute atomic E-state index is 12.7. The quantitative estimate of drug-likeness (QED) is 0.248. The largest absolute Gasteiger partial charge is 0.336 e. The second-order valence-corrected chi connectivity index (χ2v) is 9.98. The Hall–Kier alpha value is -5.03. The molecule has 0 spiro atoms. The average Bonchev–Trinajstić information content (AvgIpc) is 3.62. The van der Waals surface area contributed by atoms with Gasteiger partial charge in [0.15, 0.2) is 11.5 Å². The van der Waals surface area contributed by atoms with Gasteiger partial charge in [-0.2, -0.15) is 5.10 Å². The molecule has 0 radical (unpaired) electrons. The number of aromatic nitrogens is 8. The third-order valence-corrected chi connectivity index (χ3v) is 7.28. The van der Waals surface area contributed by atoms with Crippen molar-refractivity contribution >= 4 is 33.7 Å². The van der Waals surface area contributed by atoms with E-state index in [9.17, 15) is 4.79 Å². The predicted octanol–water partition coefficient (Wildman–Crippen LogP) is 4.35. The van der Waals surface area contributed by atoms with Gasteiger partial charge in [-0.25, -0.2) is 9.97 Å². The van der Waals surface area contributed by atoms with Gasteiger partial charge in [-0.3, -0.25) is 24.8 Å². The number of aromatic amines is 2. The molecule has 0 atom stereocenters. The Bertz CT molecular complexity index is 1820. The molecule has 0 aliphatic carbocycles. The summed E-state index contributed by atoms with van der Waals surface area (Å²) in [6.07, 6.45) is 13.0. The summed E-state index contributed by atoms with van der Waals surface area (Å²) in [6, 6.07) is 9.64. The normalized spacial score (nSPS) is 14.1. The van der Waals surface area contributed by atoms with Crippen LogP contribution in [0.3, 0.4) is 0 Å². The van der Waals surface area contributed by atoms with Gasteiger partial charge in [0.05, 0.1) is 28.5 Å². The minimum Gasteiger partial charge on any atom is -0.336 e. The Morgan fingerprint density at radius 1 is 0.900 bits per heavy atom. The maximum Gasteiger partial charge on any atom is 0.224 e. The number of hydrogen-bond donors (Lipinski definition) is 4. The first kappa shape index (κ1) is 24.0. The van der Waals surface area contributed by atoms with Crippen LogP contribution in [-0.2, 0) is 4.79 Å². The maximum atomic E-state index is 12.7. The summed E-state index contributed by atoms with van der Waals surface area (Å²) in [4.78, 5) is 38.5. The van der Waals surface area contributed by atoms with Crippen LogP contribution in [-0.4, -0.2) is 59.1 Å². The molecule has 7 rings (SSSR count). The first-order valence-electron chi connectivity index (χ1n) is 13.3. The highest BCUT2D eigenvalue weighted by Gasteiger charge is 2.19. The van der Waals surface area contributed by atoms with Crippen molar-refractivity contribution in [1.29, 1.82) is 0 Å². The molecule has 1 aliphatic rings. The van der Waals surface area contributed by atoms with Gasteiger partial charge in [0, 0.05) is 54.1 Å². The van der Waals surface area contributed by atoms with Crippen LogP contribution in [0.25, 0.3) is 56.0 Å². The van der Waals surface area contributed by atoms with Crippen molar-refractivity contribution in [2.45, 2.75) is 19.3 Å². The van der Waals surface area contributed by atoms with Gasteiger partial charge < -0.3 is 15.6 Å². The molecule has 7 heterocycles. The number of piperidine rings is 1. The molecule has 0 saturated carbocycles. The third kappa shape index (κ3) is 4.67. The summed E-state index contributed by atoms with van der Waals surface area (Å²) >= 11 is 0. The van der Waals surface area contributed by atoms with Crippen LogP contribution >= 0.6 is 0 Å². The van der Waals surface area contributed by atoms with E-state index in [4.69, 9.17) is 4.98 Å². The van der Waals surface area contributed by atoms with E-state index in [1.54, 1.807) is 37.2 Å². The molecule has 40 heavy (non-hydrogen) atoms. The smallest absolute Gasteiger partial charge is 0.224 e. The van der Waals surface area contributed by atoms with Gasteiger partial charge in [-0.15, -0.1) is 0 Å². The number of imidazole rings is 1. The highest BCUT2D eigenvalue weighted by Crippen LogP contribution is 2.32. The summed E-state index contributed by atoms with van der Waals surface area (Å²) < 4.78 is 0. The Balaban J connectivity index is 1.19. The summed E-state index contributed by atoms with van der Waals surface area (Å²) in [7, 11) is 0. The van der Waals surface area contributed by atoms with Crippen molar-refractivity contribution in [3.05, 3.63) is 67.5 Å². The SMILES string of the molecule is O=C(CC1CCNCC1)Nc1cncc(-c2cnc3[nH]nc(-c4nc5c(-c6ccncc6)nccc5[nH]4)c3c2)c1. The van der Waals surface area contributed by atoms with Gasteiger partial charge in [-0.05, 0) is 62.2 Å². The molecule has 0 bridgehead atoms. The molecule has 6 aromatic rings. The van der Waals surface area contributed by atoms with Gasteiger partial charge in [0.1, 0.15) is 11.2 Å². The highest BCUT2D eigenvalue weighted by molar-refractivity contribution is 5.96. The fourth-order valence-electron chi connectivity index (χ4n) is 5.24. The fourth-order valence-corrected chi connectivity index (χ4v) is 5.24. The van der Waals surface area contributed by atoms with Gasteiger partial charge in [0.25, 0.3) is 0 Å². The third-order valence-electron chi connectivity index (χ3n) is 7.28. The van der Waals surface area contributed by atoms with Crippen molar-refractivity contribution in [2.24, 2.45) is 5.92 Å². The summed E-state index contributed by atoms with van der Waals surface area (Å²) in [5, 5.41) is 14.7. The lowest BCUT2D eigenvalue weighted by atomic mass is 9.94. The van der Waals surface area contributed by atoms with Crippen LogP contribution in [0.15, 0.2) is 67.5 Å². The van der Waals surface area contributed by atoms with Crippen LogP contribution in [0.2, 0.25) is 0 Å². The van der Waals surface area contributed by atoms with E-state index in [1.807, 2.05) is 30.3 Å². The number of fused-ring (bicyclic) bond motifs is 2. The lowest BCUT2D eigenvalue weighted by Crippen LogP contribution is -2.30. The van der Waals surface area contributed by atoms with Crippen molar-refractivity contribution in [3.63, 3.8) is 0 Å². The van der Waals surface area contributed by atoms with E-state index < -0.39 is 0 Å². The molecule has 0 unspecified atom stereocenters. The molecule has 11 nitrogen and oxygen atoms in total. The first-order chi connectivity index (χ1) is 19.7. The zero-order valence-corrected chi connectivity index (χ0v) is 21.6. The van der Waals surface area contributed by atoms with Gasteiger partial charge in [0.2, 0.25) is 5.91 Å². The molecule has 11 heteroatoms. The lowest BCUT2D eigenvalue weighted by Gasteiger charge is -2.21. The first-order valence-corrected chi connectivity index (χ1v) is 13.3. The Morgan fingerprint density at radius 2 is 1.75 bits per heavy atom. The number of H-pyrrole nitrogens is 2. The fraction of sp³-hybridized carbons (Fsp3) is 0.207.